The average Bonchev–Trinajstić information content (AvgIpc) is 3.18. The largest absolute Gasteiger partial charge is 0.461 e. The zero-order valence-corrected chi connectivity index (χ0v) is 13.2. The first kappa shape index (κ1) is 16.3. The molecule has 0 unspecified atom stereocenters. The van der Waals surface area contributed by atoms with Gasteiger partial charge in [-0.05, 0) is 12.1 Å². The number of furan rings is 1. The second-order valence-corrected chi connectivity index (χ2v) is 7.10. The van der Waals surface area contributed by atoms with Gasteiger partial charge < -0.3 is 8.94 Å². The summed E-state index contributed by atoms with van der Waals surface area (Å²) in [5, 5.41) is 10.6. The molecule has 8 nitrogen and oxygen atoms in total. The molecule has 0 bridgehead atoms. The van der Waals surface area contributed by atoms with Crippen molar-refractivity contribution in [2.24, 2.45) is 7.05 Å². The summed E-state index contributed by atoms with van der Waals surface area (Å²) in [6, 6.07) is 4.70. The van der Waals surface area contributed by atoms with Gasteiger partial charge in [0.2, 0.25) is 5.76 Å². The fraction of sp³-hybridized carbons (Fsp3) is 0.308. The molecule has 0 atom stereocenters. The minimum atomic E-state index is -3.79. The van der Waals surface area contributed by atoms with Crippen LogP contribution in [0.15, 0.2) is 33.4 Å². The van der Waals surface area contributed by atoms with Crippen molar-refractivity contribution in [3.8, 4) is 11.5 Å². The third-order valence-electron chi connectivity index (χ3n) is 3.20. The molecule has 128 valence electrons. The third-order valence-corrected chi connectivity index (χ3v) is 4.65. The van der Waals surface area contributed by atoms with Crippen molar-refractivity contribution in [2.45, 2.75) is 17.9 Å². The summed E-state index contributed by atoms with van der Waals surface area (Å²) in [5.74, 6) is -0.460. The fourth-order valence-electron chi connectivity index (χ4n) is 2.18. The van der Waals surface area contributed by atoms with E-state index in [1.807, 2.05) is 0 Å². The summed E-state index contributed by atoms with van der Waals surface area (Å²) in [6.07, 6.45) is -1.43. The maximum atomic E-state index is 13.0. The van der Waals surface area contributed by atoms with E-state index in [0.29, 0.717) is 5.76 Å². The molecule has 0 saturated carbocycles. The van der Waals surface area contributed by atoms with E-state index >= 15 is 0 Å². The SMILES string of the molecule is Cn1nnc(CS(=O)(=O)Cc2cc(-c3ccco3)on2)c1C(F)F. The van der Waals surface area contributed by atoms with Crippen molar-refractivity contribution in [3.63, 3.8) is 0 Å². The highest BCUT2D eigenvalue weighted by Crippen LogP contribution is 2.24. The predicted octanol–water partition coefficient (Wildman–Crippen LogP) is 2.12. The molecule has 0 spiro atoms. The summed E-state index contributed by atoms with van der Waals surface area (Å²) in [5.41, 5.74) is -0.652. The van der Waals surface area contributed by atoms with Crippen LogP contribution in [0.2, 0.25) is 0 Å². The molecule has 3 aromatic heterocycles. The molecule has 0 fully saturated rings. The lowest BCUT2D eigenvalue weighted by molar-refractivity contribution is 0.140. The van der Waals surface area contributed by atoms with Crippen molar-refractivity contribution in [3.05, 3.63) is 41.5 Å². The van der Waals surface area contributed by atoms with Gasteiger partial charge in [-0.1, -0.05) is 10.4 Å². The van der Waals surface area contributed by atoms with Gasteiger partial charge in [-0.15, -0.1) is 5.10 Å². The molecular formula is C13H12F2N4O4S. The summed E-state index contributed by atoms with van der Waals surface area (Å²) in [7, 11) is -2.51. The third kappa shape index (κ3) is 3.35. The van der Waals surface area contributed by atoms with Crippen LogP contribution in [0, 0.1) is 0 Å². The highest BCUT2D eigenvalue weighted by Gasteiger charge is 2.25. The van der Waals surface area contributed by atoms with Gasteiger partial charge in [0.1, 0.15) is 11.4 Å². The molecule has 3 rings (SSSR count). The van der Waals surface area contributed by atoms with Crippen molar-refractivity contribution in [2.75, 3.05) is 0 Å². The Morgan fingerprint density at radius 3 is 2.75 bits per heavy atom. The number of hydrogen-bond donors (Lipinski definition) is 0. The molecule has 11 heteroatoms. The Hall–Kier alpha value is -2.56. The molecular weight excluding hydrogens is 346 g/mol. The summed E-state index contributed by atoms with van der Waals surface area (Å²) in [4.78, 5) is 0. The van der Waals surface area contributed by atoms with Gasteiger partial charge >= 0.3 is 0 Å². The zero-order chi connectivity index (χ0) is 17.3. The number of aryl methyl sites for hydroxylation is 1. The Balaban J connectivity index is 1.78. The first-order valence-corrected chi connectivity index (χ1v) is 8.54. The normalized spacial score (nSPS) is 12.2. The first-order chi connectivity index (χ1) is 11.4. The van der Waals surface area contributed by atoms with Crippen molar-refractivity contribution in [1.82, 2.24) is 20.2 Å². The lowest BCUT2D eigenvalue weighted by Crippen LogP contribution is -2.10. The maximum Gasteiger partial charge on any atom is 0.281 e. The van der Waals surface area contributed by atoms with Gasteiger partial charge in [-0.25, -0.2) is 21.9 Å². The molecule has 0 aliphatic rings. The molecule has 0 aliphatic heterocycles. The Kier molecular flexibility index (Phi) is 4.18. The number of rotatable bonds is 6. The Bertz CT molecular complexity index is 931. The lowest BCUT2D eigenvalue weighted by atomic mass is 10.3. The number of hydrogen-bond acceptors (Lipinski definition) is 7. The van der Waals surface area contributed by atoms with Crippen LogP contribution in [0.1, 0.15) is 23.5 Å². The van der Waals surface area contributed by atoms with E-state index in [-0.39, 0.29) is 17.1 Å². The van der Waals surface area contributed by atoms with Crippen LogP contribution in [-0.4, -0.2) is 28.6 Å². The minimum Gasteiger partial charge on any atom is -0.461 e. The average molecular weight is 358 g/mol. The van der Waals surface area contributed by atoms with Crippen molar-refractivity contribution >= 4 is 9.84 Å². The molecule has 0 aliphatic carbocycles. The monoisotopic (exact) mass is 358 g/mol. The summed E-state index contributed by atoms with van der Waals surface area (Å²) >= 11 is 0. The van der Waals surface area contributed by atoms with E-state index in [1.54, 1.807) is 12.1 Å². The molecule has 3 heterocycles. The standard InChI is InChI=1S/C13H12F2N4O4S/c1-19-12(13(14)15)9(16-18-19)7-24(20,21)6-8-5-11(23-17-8)10-3-2-4-22-10/h2-5,13H,6-7H2,1H3. The van der Waals surface area contributed by atoms with Gasteiger partial charge in [0.05, 0.1) is 23.5 Å². The Morgan fingerprint density at radius 2 is 2.08 bits per heavy atom. The fourth-order valence-corrected chi connectivity index (χ4v) is 3.49. The minimum absolute atomic E-state index is 0.142. The molecule has 3 aromatic rings. The number of aromatic nitrogens is 4. The molecule has 24 heavy (non-hydrogen) atoms. The highest BCUT2D eigenvalue weighted by atomic mass is 32.2. The van der Waals surface area contributed by atoms with Gasteiger partial charge in [0.15, 0.2) is 15.6 Å². The van der Waals surface area contributed by atoms with E-state index < -0.39 is 33.5 Å². The highest BCUT2D eigenvalue weighted by molar-refractivity contribution is 7.89. The van der Waals surface area contributed by atoms with Crippen LogP contribution in [0.4, 0.5) is 8.78 Å². The lowest BCUT2D eigenvalue weighted by Gasteiger charge is -2.03. The van der Waals surface area contributed by atoms with E-state index in [9.17, 15) is 17.2 Å². The molecule has 0 amide bonds. The van der Waals surface area contributed by atoms with Crippen LogP contribution in [0.5, 0.6) is 0 Å². The summed E-state index contributed by atoms with van der Waals surface area (Å²) in [6.45, 7) is 0. The Labute approximate surface area is 135 Å². The van der Waals surface area contributed by atoms with Crippen LogP contribution in [0.3, 0.4) is 0 Å². The van der Waals surface area contributed by atoms with Gasteiger partial charge in [-0.3, -0.25) is 0 Å². The quantitative estimate of drug-likeness (QED) is 0.664. The predicted molar refractivity (Wildman–Crippen MR) is 76.5 cm³/mol. The molecule has 0 radical (unpaired) electrons. The molecule has 0 aromatic carbocycles. The van der Waals surface area contributed by atoms with E-state index in [0.717, 1.165) is 4.68 Å². The van der Waals surface area contributed by atoms with Crippen LogP contribution < -0.4 is 0 Å². The van der Waals surface area contributed by atoms with Crippen LogP contribution >= 0.6 is 0 Å². The maximum absolute atomic E-state index is 13.0. The van der Waals surface area contributed by atoms with E-state index in [1.165, 1.54) is 19.4 Å². The first-order valence-electron chi connectivity index (χ1n) is 6.72. The van der Waals surface area contributed by atoms with Gasteiger partial charge in [0, 0.05) is 13.1 Å². The number of halogens is 2. The van der Waals surface area contributed by atoms with Gasteiger partial charge in [-0.2, -0.15) is 0 Å². The smallest absolute Gasteiger partial charge is 0.281 e. The van der Waals surface area contributed by atoms with E-state index in [2.05, 4.69) is 15.5 Å². The number of sulfone groups is 1. The zero-order valence-electron chi connectivity index (χ0n) is 12.4. The van der Waals surface area contributed by atoms with Crippen LogP contribution in [0.25, 0.3) is 11.5 Å². The second kappa shape index (κ2) is 6.15. The molecule has 0 N–H and O–H groups in total. The Morgan fingerprint density at radius 1 is 1.29 bits per heavy atom. The molecule has 0 saturated heterocycles. The second-order valence-electron chi connectivity index (χ2n) is 5.04. The number of alkyl halides is 2. The summed E-state index contributed by atoms with van der Waals surface area (Å²) < 4.78 is 61.3. The van der Waals surface area contributed by atoms with Crippen molar-refractivity contribution < 1.29 is 26.1 Å². The van der Waals surface area contributed by atoms with Gasteiger partial charge in [0.25, 0.3) is 6.43 Å². The van der Waals surface area contributed by atoms with Crippen molar-refractivity contribution in [1.29, 1.82) is 0 Å². The van der Waals surface area contributed by atoms with Crippen LogP contribution in [-0.2, 0) is 28.4 Å². The topological polar surface area (TPSA) is 104 Å². The number of nitrogens with zero attached hydrogens (tertiary/aromatic N) is 4. The van der Waals surface area contributed by atoms with E-state index in [4.69, 9.17) is 8.94 Å².